The van der Waals surface area contributed by atoms with E-state index < -0.39 is 30.1 Å². The summed E-state index contributed by atoms with van der Waals surface area (Å²) in [6.45, 7) is 2.78. The molecule has 1 aliphatic rings. The number of carbonyl (C=O) groups excluding carboxylic acids is 1. The molecule has 0 aliphatic carbocycles. The van der Waals surface area contributed by atoms with Crippen LogP contribution in [0.2, 0.25) is 0 Å². The first kappa shape index (κ1) is 14.9. The molecule has 110 valence electrons. The van der Waals surface area contributed by atoms with Crippen LogP contribution in [0.3, 0.4) is 0 Å². The molecule has 8 heteroatoms. The number of aliphatic hydroxyl groups is 1. The topological polar surface area (TPSA) is 93.6 Å². The minimum atomic E-state index is -0.640. The van der Waals surface area contributed by atoms with E-state index in [9.17, 15) is 14.7 Å². The van der Waals surface area contributed by atoms with Gasteiger partial charge in [-0.1, -0.05) is 12.2 Å². The molecular formula is C12H16N2O5S. The molecule has 1 saturated heterocycles. The average Bonchev–Trinajstić information content (AvgIpc) is 2.75. The third-order valence-corrected chi connectivity index (χ3v) is 3.56. The van der Waals surface area contributed by atoms with Gasteiger partial charge in [-0.05, 0) is 6.92 Å². The summed E-state index contributed by atoms with van der Waals surface area (Å²) in [7, 11) is 0. The van der Waals surface area contributed by atoms with Crippen molar-refractivity contribution in [1.29, 1.82) is 0 Å². The number of hydrogen-bond donors (Lipinski definition) is 2. The van der Waals surface area contributed by atoms with Crippen LogP contribution in [-0.4, -0.2) is 39.4 Å². The summed E-state index contributed by atoms with van der Waals surface area (Å²) in [6.07, 6.45) is 0.0808. The maximum absolute atomic E-state index is 11.9. The van der Waals surface area contributed by atoms with Crippen molar-refractivity contribution >= 4 is 18.2 Å². The first-order valence-electron chi connectivity index (χ1n) is 6.18. The summed E-state index contributed by atoms with van der Waals surface area (Å²) < 4.78 is 12.4. The lowest BCUT2D eigenvalue weighted by atomic mass is 10.2. The number of aryl methyl sites for hydroxylation is 1. The minimum Gasteiger partial charge on any atom is -0.460 e. The van der Waals surface area contributed by atoms with E-state index >= 15 is 0 Å². The maximum atomic E-state index is 11.9. The van der Waals surface area contributed by atoms with Crippen LogP contribution in [0.4, 0.5) is 0 Å². The molecule has 0 spiro atoms. The molecule has 20 heavy (non-hydrogen) atoms. The molecule has 0 saturated carbocycles. The van der Waals surface area contributed by atoms with E-state index in [0.29, 0.717) is 11.1 Å². The molecule has 3 unspecified atom stereocenters. The molecule has 2 heterocycles. The minimum absolute atomic E-state index is 0.287. The van der Waals surface area contributed by atoms with E-state index in [2.05, 4.69) is 4.98 Å². The molecule has 7 nitrogen and oxygen atoms in total. The quantitative estimate of drug-likeness (QED) is 0.621. The number of aliphatic hydroxyl groups excluding tert-OH is 1. The number of aromatic amines is 1. The fraction of sp³-hybridized carbons (Fsp3) is 0.583. The highest BCUT2D eigenvalue weighted by atomic mass is 32.1. The van der Waals surface area contributed by atoms with Gasteiger partial charge in [-0.25, -0.2) is 4.79 Å². The molecule has 0 bridgehead atoms. The van der Waals surface area contributed by atoms with Gasteiger partial charge in [-0.15, -0.1) is 0 Å². The number of esters is 1. The van der Waals surface area contributed by atoms with Crippen LogP contribution in [-0.2, 0) is 14.3 Å². The number of aromatic nitrogens is 2. The Morgan fingerprint density at radius 3 is 3.00 bits per heavy atom. The van der Waals surface area contributed by atoms with Crippen LogP contribution in [0.5, 0.6) is 0 Å². The molecule has 2 rings (SSSR count). The number of H-pyrrole nitrogens is 1. The zero-order chi connectivity index (χ0) is 14.9. The second kappa shape index (κ2) is 5.86. The number of hydrogen-bond acceptors (Lipinski definition) is 6. The van der Waals surface area contributed by atoms with E-state index in [1.807, 2.05) is 0 Å². The zero-order valence-electron chi connectivity index (χ0n) is 11.2. The van der Waals surface area contributed by atoms with Crippen LogP contribution in [0, 0.1) is 11.6 Å². The Morgan fingerprint density at radius 2 is 2.40 bits per heavy atom. The van der Waals surface area contributed by atoms with Gasteiger partial charge < -0.3 is 14.6 Å². The van der Waals surface area contributed by atoms with Crippen LogP contribution < -0.4 is 5.69 Å². The van der Waals surface area contributed by atoms with Crippen molar-refractivity contribution in [3.8, 4) is 0 Å². The Balaban J connectivity index is 2.27. The molecule has 0 amide bonds. The van der Waals surface area contributed by atoms with Gasteiger partial charge in [0.25, 0.3) is 0 Å². The lowest BCUT2D eigenvalue weighted by molar-refractivity contribution is -0.150. The van der Waals surface area contributed by atoms with Crippen molar-refractivity contribution in [3.05, 3.63) is 26.9 Å². The molecule has 1 aromatic heterocycles. The fourth-order valence-electron chi connectivity index (χ4n) is 2.17. The van der Waals surface area contributed by atoms with Gasteiger partial charge in [0.2, 0.25) is 0 Å². The highest BCUT2D eigenvalue weighted by Gasteiger charge is 2.38. The number of nitrogens with one attached hydrogen (secondary N) is 1. The number of nitrogens with zero attached hydrogens (tertiary/aromatic N) is 1. The van der Waals surface area contributed by atoms with Crippen molar-refractivity contribution in [3.63, 3.8) is 0 Å². The first-order chi connectivity index (χ1) is 9.42. The van der Waals surface area contributed by atoms with E-state index in [-0.39, 0.29) is 6.61 Å². The normalized spacial score (nSPS) is 25.6. The molecule has 3 atom stereocenters. The Morgan fingerprint density at radius 1 is 1.70 bits per heavy atom. The summed E-state index contributed by atoms with van der Waals surface area (Å²) in [5.74, 6) is -0.450. The Labute approximate surface area is 120 Å². The molecule has 1 aromatic rings. The lowest BCUT2D eigenvalue weighted by Gasteiger charge is -2.15. The average molecular weight is 300 g/mol. The summed E-state index contributed by atoms with van der Waals surface area (Å²) in [5, 5.41) is 9.25. The van der Waals surface area contributed by atoms with Crippen LogP contribution >= 0.6 is 12.2 Å². The lowest BCUT2D eigenvalue weighted by Crippen LogP contribution is -2.29. The van der Waals surface area contributed by atoms with Gasteiger partial charge in [0.1, 0.15) is 23.1 Å². The predicted octanol–water partition coefficient (Wildman–Crippen LogP) is 0.426. The van der Waals surface area contributed by atoms with Crippen molar-refractivity contribution in [2.24, 2.45) is 0 Å². The Bertz CT molecular complexity index is 623. The number of rotatable bonds is 3. The molecule has 0 radical (unpaired) electrons. The van der Waals surface area contributed by atoms with Crippen molar-refractivity contribution in [2.45, 2.75) is 38.7 Å². The molecule has 1 aliphatic heterocycles. The van der Waals surface area contributed by atoms with Gasteiger partial charge in [0.15, 0.2) is 0 Å². The van der Waals surface area contributed by atoms with Crippen molar-refractivity contribution < 1.29 is 19.4 Å². The summed E-state index contributed by atoms with van der Waals surface area (Å²) in [4.78, 5) is 25.5. The van der Waals surface area contributed by atoms with Gasteiger partial charge in [-0.2, -0.15) is 0 Å². The second-order valence-corrected chi connectivity index (χ2v) is 5.08. The zero-order valence-corrected chi connectivity index (χ0v) is 12.0. The van der Waals surface area contributed by atoms with Gasteiger partial charge >= 0.3 is 11.7 Å². The van der Waals surface area contributed by atoms with E-state index in [0.717, 1.165) is 5.56 Å². The molecule has 1 fully saturated rings. The largest absolute Gasteiger partial charge is 0.460 e. The summed E-state index contributed by atoms with van der Waals surface area (Å²) in [6, 6.07) is 0. The van der Waals surface area contributed by atoms with E-state index in [4.69, 9.17) is 21.7 Å². The van der Waals surface area contributed by atoms with E-state index in [1.54, 1.807) is 13.1 Å². The van der Waals surface area contributed by atoms with Crippen LogP contribution in [0.1, 0.15) is 25.1 Å². The summed E-state index contributed by atoms with van der Waals surface area (Å²) >= 11 is 4.98. The smallest absolute Gasteiger partial charge is 0.328 e. The van der Waals surface area contributed by atoms with E-state index in [1.165, 1.54) is 11.5 Å². The Hall–Kier alpha value is -1.51. The predicted molar refractivity (Wildman–Crippen MR) is 71.8 cm³/mol. The number of ether oxygens (including phenoxy) is 2. The Kier molecular flexibility index (Phi) is 4.36. The molecular weight excluding hydrogens is 284 g/mol. The third kappa shape index (κ3) is 2.97. The molecule has 2 N–H and O–H groups in total. The number of carbonyl (C=O) groups is 1. The van der Waals surface area contributed by atoms with Gasteiger partial charge in [-0.3, -0.25) is 14.3 Å². The second-order valence-electron chi connectivity index (χ2n) is 4.67. The first-order valence-corrected chi connectivity index (χ1v) is 6.58. The van der Waals surface area contributed by atoms with Crippen LogP contribution in [0.15, 0.2) is 11.0 Å². The standard InChI is InChI=1S/C12H16N2O5S/c1-6-4-14(12(17)13-11(6)20)10-3-8(18-7(2)16)9(5-15)19-10/h4,8-10,15H,3,5H2,1-2H3,(H,13,17,20). The van der Waals surface area contributed by atoms with Crippen LogP contribution in [0.25, 0.3) is 0 Å². The third-order valence-electron chi connectivity index (χ3n) is 3.13. The van der Waals surface area contributed by atoms with Crippen molar-refractivity contribution in [1.82, 2.24) is 9.55 Å². The highest BCUT2D eigenvalue weighted by molar-refractivity contribution is 7.71. The molecule has 0 aromatic carbocycles. The summed E-state index contributed by atoms with van der Waals surface area (Å²) in [5.41, 5.74) is 0.338. The van der Waals surface area contributed by atoms with Gasteiger partial charge in [0, 0.05) is 25.1 Å². The maximum Gasteiger partial charge on any atom is 0.328 e. The monoisotopic (exact) mass is 300 g/mol. The van der Waals surface area contributed by atoms with Gasteiger partial charge in [0.05, 0.1) is 6.61 Å². The SMILES string of the molecule is CC(=O)OC1CC(n2cc(C)c(=S)[nH]c2=O)OC1CO. The fourth-order valence-corrected chi connectivity index (χ4v) is 2.31. The van der Waals surface area contributed by atoms with Crippen molar-refractivity contribution in [2.75, 3.05) is 6.61 Å². The highest BCUT2D eigenvalue weighted by Crippen LogP contribution is 2.29.